The lowest BCUT2D eigenvalue weighted by molar-refractivity contribution is -0.149. The molecule has 2 unspecified atom stereocenters. The number of carbonyl (C=O) groups excluding carboxylic acids is 1. The molecule has 86 valence electrons. The molecular formula is C11H20N2O2. The molecule has 0 spiro atoms. The third-order valence-electron chi connectivity index (χ3n) is 3.64. The fraction of sp³-hybridized carbons (Fsp3) is 0.909. The van der Waals surface area contributed by atoms with Crippen molar-refractivity contribution in [1.29, 1.82) is 0 Å². The molecule has 2 atom stereocenters. The lowest BCUT2D eigenvalue weighted by Crippen LogP contribution is -2.63. The van der Waals surface area contributed by atoms with Crippen molar-refractivity contribution in [3.8, 4) is 0 Å². The van der Waals surface area contributed by atoms with Crippen LogP contribution in [0.5, 0.6) is 0 Å². The van der Waals surface area contributed by atoms with E-state index >= 15 is 0 Å². The van der Waals surface area contributed by atoms with Gasteiger partial charge in [-0.1, -0.05) is 6.42 Å². The molecule has 0 amide bonds. The highest BCUT2D eigenvalue weighted by atomic mass is 16.5. The average molecular weight is 212 g/mol. The van der Waals surface area contributed by atoms with Gasteiger partial charge in [0.15, 0.2) is 0 Å². The third kappa shape index (κ3) is 1.88. The number of nitrogens with one attached hydrogen (secondary N) is 2. The first-order valence-corrected chi connectivity index (χ1v) is 5.86. The van der Waals surface area contributed by atoms with Crippen LogP contribution in [0, 0.1) is 0 Å². The third-order valence-corrected chi connectivity index (χ3v) is 3.64. The molecule has 4 nitrogen and oxygen atoms in total. The zero-order valence-electron chi connectivity index (χ0n) is 9.34. The Morgan fingerprint density at radius 3 is 2.73 bits per heavy atom. The zero-order valence-corrected chi connectivity index (χ0v) is 9.34. The minimum atomic E-state index is -0.449. The Bertz CT molecular complexity index is 231. The van der Waals surface area contributed by atoms with Crippen LogP contribution in [0.2, 0.25) is 0 Å². The van der Waals surface area contributed by atoms with E-state index in [4.69, 9.17) is 4.74 Å². The number of carbonyl (C=O) groups is 1. The van der Waals surface area contributed by atoms with Gasteiger partial charge in [0.25, 0.3) is 0 Å². The zero-order chi connectivity index (χ0) is 10.7. The van der Waals surface area contributed by atoms with Crippen LogP contribution in [-0.2, 0) is 9.53 Å². The second-order valence-electron chi connectivity index (χ2n) is 4.50. The monoisotopic (exact) mass is 212 g/mol. The van der Waals surface area contributed by atoms with Crippen molar-refractivity contribution in [3.05, 3.63) is 0 Å². The second kappa shape index (κ2) is 4.49. The molecule has 0 bridgehead atoms. The van der Waals surface area contributed by atoms with Crippen molar-refractivity contribution in [1.82, 2.24) is 10.6 Å². The molecule has 2 saturated heterocycles. The summed E-state index contributed by atoms with van der Waals surface area (Å²) in [6, 6.07) is 0.251. The molecule has 2 heterocycles. The minimum Gasteiger partial charge on any atom is -0.468 e. The van der Waals surface area contributed by atoms with Gasteiger partial charge in [0.1, 0.15) is 5.54 Å². The van der Waals surface area contributed by atoms with Crippen molar-refractivity contribution in [2.24, 2.45) is 0 Å². The van der Waals surface area contributed by atoms with E-state index in [0.29, 0.717) is 0 Å². The first kappa shape index (κ1) is 10.9. The smallest absolute Gasteiger partial charge is 0.327 e. The predicted octanol–water partition coefficient (Wildman–Crippen LogP) is 0.424. The first-order valence-electron chi connectivity index (χ1n) is 5.86. The van der Waals surface area contributed by atoms with Crippen molar-refractivity contribution >= 4 is 5.97 Å². The highest BCUT2D eigenvalue weighted by Gasteiger charge is 2.48. The van der Waals surface area contributed by atoms with Crippen LogP contribution in [0.1, 0.15) is 32.1 Å². The van der Waals surface area contributed by atoms with E-state index in [0.717, 1.165) is 32.4 Å². The van der Waals surface area contributed by atoms with Crippen LogP contribution in [0.15, 0.2) is 0 Å². The fourth-order valence-corrected chi connectivity index (χ4v) is 2.84. The molecule has 0 radical (unpaired) electrons. The fourth-order valence-electron chi connectivity index (χ4n) is 2.84. The van der Waals surface area contributed by atoms with Crippen molar-refractivity contribution < 1.29 is 9.53 Å². The summed E-state index contributed by atoms with van der Waals surface area (Å²) in [5.74, 6) is -0.0978. The number of ether oxygens (including phenoxy) is 1. The Morgan fingerprint density at radius 2 is 2.20 bits per heavy atom. The molecule has 0 aromatic carbocycles. The van der Waals surface area contributed by atoms with Crippen LogP contribution >= 0.6 is 0 Å². The van der Waals surface area contributed by atoms with Gasteiger partial charge in [-0.05, 0) is 38.8 Å². The van der Waals surface area contributed by atoms with E-state index in [-0.39, 0.29) is 12.0 Å². The van der Waals surface area contributed by atoms with Gasteiger partial charge in [-0.2, -0.15) is 0 Å². The molecule has 15 heavy (non-hydrogen) atoms. The number of hydrogen-bond acceptors (Lipinski definition) is 4. The molecule has 0 saturated carbocycles. The summed E-state index contributed by atoms with van der Waals surface area (Å²) in [6.07, 6.45) is 5.46. The van der Waals surface area contributed by atoms with E-state index in [1.807, 2.05) is 0 Å². The molecule has 4 heteroatoms. The molecular weight excluding hydrogens is 192 g/mol. The summed E-state index contributed by atoms with van der Waals surface area (Å²) >= 11 is 0. The van der Waals surface area contributed by atoms with Gasteiger partial charge < -0.3 is 15.4 Å². The minimum absolute atomic E-state index is 0.0978. The van der Waals surface area contributed by atoms with E-state index in [2.05, 4.69) is 10.6 Å². The summed E-state index contributed by atoms with van der Waals surface area (Å²) in [4.78, 5) is 11.9. The maximum atomic E-state index is 11.9. The molecule has 2 fully saturated rings. The first-order chi connectivity index (χ1) is 7.29. The van der Waals surface area contributed by atoms with E-state index in [1.54, 1.807) is 0 Å². The number of rotatable bonds is 2. The molecule has 0 aromatic rings. The number of methoxy groups -OCH3 is 1. The van der Waals surface area contributed by atoms with Gasteiger partial charge in [0.2, 0.25) is 0 Å². The van der Waals surface area contributed by atoms with Crippen molar-refractivity contribution in [2.45, 2.75) is 43.7 Å². The highest BCUT2D eigenvalue weighted by Crippen LogP contribution is 2.29. The summed E-state index contributed by atoms with van der Waals surface area (Å²) in [5.41, 5.74) is -0.449. The number of piperidine rings is 1. The topological polar surface area (TPSA) is 50.4 Å². The van der Waals surface area contributed by atoms with Crippen LogP contribution in [0.25, 0.3) is 0 Å². The van der Waals surface area contributed by atoms with E-state index < -0.39 is 5.54 Å². The maximum absolute atomic E-state index is 11.9. The van der Waals surface area contributed by atoms with Gasteiger partial charge in [-0.15, -0.1) is 0 Å². The Kier molecular flexibility index (Phi) is 3.26. The quantitative estimate of drug-likeness (QED) is 0.652. The molecule has 2 aliphatic rings. The Morgan fingerprint density at radius 1 is 1.33 bits per heavy atom. The SMILES string of the molecule is COC(=O)C1(C2CCCCN2)CCCN1. The Hall–Kier alpha value is -0.610. The standard InChI is InChI=1S/C11H20N2O2/c1-15-10(14)11(6-4-8-13-11)9-5-2-3-7-12-9/h9,12-13H,2-8H2,1H3. The number of hydrogen-bond donors (Lipinski definition) is 2. The number of esters is 1. The Labute approximate surface area is 90.8 Å². The highest BCUT2D eigenvalue weighted by molar-refractivity contribution is 5.82. The molecule has 2 aliphatic heterocycles. The van der Waals surface area contributed by atoms with Gasteiger partial charge in [-0.25, -0.2) is 4.79 Å². The van der Waals surface area contributed by atoms with Gasteiger partial charge in [-0.3, -0.25) is 0 Å². The van der Waals surface area contributed by atoms with Gasteiger partial charge in [0, 0.05) is 6.04 Å². The molecule has 0 aliphatic carbocycles. The van der Waals surface area contributed by atoms with Crippen LogP contribution in [0.3, 0.4) is 0 Å². The van der Waals surface area contributed by atoms with Gasteiger partial charge >= 0.3 is 5.97 Å². The average Bonchev–Trinajstić information content (AvgIpc) is 2.79. The molecule has 2 N–H and O–H groups in total. The maximum Gasteiger partial charge on any atom is 0.327 e. The lowest BCUT2D eigenvalue weighted by Gasteiger charge is -2.38. The predicted molar refractivity (Wildman–Crippen MR) is 57.6 cm³/mol. The summed E-state index contributed by atoms with van der Waals surface area (Å²) in [5, 5.41) is 6.81. The summed E-state index contributed by atoms with van der Waals surface area (Å²) in [6.45, 7) is 1.94. The van der Waals surface area contributed by atoms with Crippen LogP contribution in [0.4, 0.5) is 0 Å². The largest absolute Gasteiger partial charge is 0.468 e. The summed E-state index contributed by atoms with van der Waals surface area (Å²) < 4.78 is 4.95. The van der Waals surface area contributed by atoms with Gasteiger partial charge in [0.05, 0.1) is 7.11 Å². The van der Waals surface area contributed by atoms with Crippen LogP contribution in [-0.4, -0.2) is 37.7 Å². The molecule has 2 rings (SSSR count). The van der Waals surface area contributed by atoms with Crippen molar-refractivity contribution in [2.75, 3.05) is 20.2 Å². The summed E-state index contributed by atoms with van der Waals surface area (Å²) in [7, 11) is 1.48. The molecule has 0 aromatic heterocycles. The van der Waals surface area contributed by atoms with Crippen LogP contribution < -0.4 is 10.6 Å². The lowest BCUT2D eigenvalue weighted by atomic mass is 9.83. The van der Waals surface area contributed by atoms with Crippen molar-refractivity contribution in [3.63, 3.8) is 0 Å². The normalized spacial score (nSPS) is 36.5. The Balaban J connectivity index is 2.13. The van der Waals surface area contributed by atoms with E-state index in [1.165, 1.54) is 20.0 Å². The second-order valence-corrected chi connectivity index (χ2v) is 4.50. The van der Waals surface area contributed by atoms with E-state index in [9.17, 15) is 4.79 Å².